The monoisotopic (exact) mass is 328 g/mol. The molecule has 0 saturated carbocycles. The van der Waals surface area contributed by atoms with Crippen molar-refractivity contribution in [3.05, 3.63) is 36.6 Å². The smallest absolute Gasteiger partial charge is 0.103 e. The van der Waals surface area contributed by atoms with E-state index in [0.717, 1.165) is 28.3 Å². The summed E-state index contributed by atoms with van der Waals surface area (Å²) in [6, 6.07) is 4.15. The van der Waals surface area contributed by atoms with Gasteiger partial charge in [0.2, 0.25) is 0 Å². The molecule has 0 aliphatic heterocycles. The summed E-state index contributed by atoms with van der Waals surface area (Å²) in [5.41, 5.74) is 8.55. The van der Waals surface area contributed by atoms with Crippen LogP contribution in [0, 0.1) is 11.3 Å². The van der Waals surface area contributed by atoms with Crippen molar-refractivity contribution in [3.63, 3.8) is 0 Å². The Labute approximate surface area is 140 Å². The van der Waals surface area contributed by atoms with E-state index >= 15 is 0 Å². The van der Waals surface area contributed by atoms with Crippen molar-refractivity contribution in [1.29, 1.82) is 5.26 Å². The SMILES string of the molecule is CN(C)CCSc1cc(-c2cnn(C)c2)cnc1C(C#N)=CN. The van der Waals surface area contributed by atoms with E-state index in [9.17, 15) is 5.26 Å². The lowest BCUT2D eigenvalue weighted by atomic mass is 10.1. The summed E-state index contributed by atoms with van der Waals surface area (Å²) in [4.78, 5) is 7.53. The van der Waals surface area contributed by atoms with Crippen molar-refractivity contribution in [3.8, 4) is 17.2 Å². The lowest BCUT2D eigenvalue weighted by Gasteiger charge is -2.12. The van der Waals surface area contributed by atoms with Gasteiger partial charge in [0.05, 0.1) is 17.5 Å². The van der Waals surface area contributed by atoms with E-state index in [1.54, 1.807) is 28.8 Å². The molecule has 23 heavy (non-hydrogen) atoms. The Morgan fingerprint density at radius 1 is 1.43 bits per heavy atom. The quantitative estimate of drug-likeness (QED) is 0.644. The number of nitriles is 1. The molecule has 0 aromatic carbocycles. The Morgan fingerprint density at radius 3 is 2.78 bits per heavy atom. The van der Waals surface area contributed by atoms with Crippen LogP contribution < -0.4 is 5.73 Å². The number of hydrogen-bond donors (Lipinski definition) is 1. The number of aryl methyl sites for hydroxylation is 1. The number of hydrogen-bond acceptors (Lipinski definition) is 6. The van der Waals surface area contributed by atoms with Crippen molar-refractivity contribution in [2.75, 3.05) is 26.4 Å². The van der Waals surface area contributed by atoms with E-state index in [4.69, 9.17) is 5.73 Å². The number of pyridine rings is 1. The maximum absolute atomic E-state index is 9.24. The maximum atomic E-state index is 9.24. The highest BCUT2D eigenvalue weighted by Gasteiger charge is 2.12. The third kappa shape index (κ3) is 4.34. The topological polar surface area (TPSA) is 83.8 Å². The van der Waals surface area contributed by atoms with E-state index in [-0.39, 0.29) is 0 Å². The molecule has 0 radical (unpaired) electrons. The second-order valence-corrected chi connectivity index (χ2v) is 6.45. The molecular formula is C16H20N6S. The first-order valence-corrected chi connectivity index (χ1v) is 8.12. The molecule has 2 N–H and O–H groups in total. The average Bonchev–Trinajstić information content (AvgIpc) is 2.96. The molecule has 2 heterocycles. The molecule has 2 rings (SSSR count). The molecule has 0 aliphatic carbocycles. The molecule has 0 aliphatic rings. The van der Waals surface area contributed by atoms with E-state index in [0.29, 0.717) is 11.3 Å². The first-order chi connectivity index (χ1) is 11.0. The molecule has 7 heteroatoms. The van der Waals surface area contributed by atoms with Crippen LogP contribution in [0.1, 0.15) is 5.69 Å². The summed E-state index contributed by atoms with van der Waals surface area (Å²) >= 11 is 1.67. The lowest BCUT2D eigenvalue weighted by molar-refractivity contribution is 0.437. The van der Waals surface area contributed by atoms with Gasteiger partial charge in [-0.2, -0.15) is 10.4 Å². The van der Waals surface area contributed by atoms with E-state index in [2.05, 4.69) is 21.1 Å². The van der Waals surface area contributed by atoms with E-state index in [1.165, 1.54) is 6.20 Å². The fraction of sp³-hybridized carbons (Fsp3) is 0.312. The summed E-state index contributed by atoms with van der Waals surface area (Å²) in [5.74, 6) is 0.904. The minimum atomic E-state index is 0.384. The Bertz CT molecular complexity index is 741. The minimum absolute atomic E-state index is 0.384. The lowest BCUT2D eigenvalue weighted by Crippen LogP contribution is -2.14. The minimum Gasteiger partial charge on any atom is -0.403 e. The zero-order valence-electron chi connectivity index (χ0n) is 13.5. The van der Waals surface area contributed by atoms with E-state index in [1.807, 2.05) is 33.4 Å². The van der Waals surface area contributed by atoms with Crippen molar-refractivity contribution in [2.45, 2.75) is 4.90 Å². The molecular weight excluding hydrogens is 308 g/mol. The summed E-state index contributed by atoms with van der Waals surface area (Å²) < 4.78 is 1.75. The molecule has 0 amide bonds. The van der Waals surface area contributed by atoms with Crippen LogP contribution in [-0.2, 0) is 7.05 Å². The predicted octanol–water partition coefficient (Wildman–Crippen LogP) is 1.96. The number of thioether (sulfide) groups is 1. The third-order valence-electron chi connectivity index (χ3n) is 3.23. The predicted molar refractivity (Wildman–Crippen MR) is 93.5 cm³/mol. The summed E-state index contributed by atoms with van der Waals surface area (Å²) in [5, 5.41) is 13.4. The first kappa shape index (κ1) is 17.1. The molecule has 0 atom stereocenters. The normalized spacial score (nSPS) is 11.7. The standard InChI is InChI=1S/C16H20N6S/c1-21(2)4-5-23-15-6-12(14-10-20-22(3)11-14)9-19-16(15)13(7-17)8-18/h6-7,9-11H,4-5,17H2,1-3H3. The maximum Gasteiger partial charge on any atom is 0.103 e. The van der Waals surface area contributed by atoms with Crippen molar-refractivity contribution >= 4 is 17.3 Å². The third-order valence-corrected chi connectivity index (χ3v) is 4.24. The second-order valence-electron chi connectivity index (χ2n) is 5.32. The highest BCUT2D eigenvalue weighted by atomic mass is 32.2. The van der Waals surface area contributed by atoms with Crippen LogP contribution in [0.25, 0.3) is 16.7 Å². The highest BCUT2D eigenvalue weighted by molar-refractivity contribution is 7.99. The van der Waals surface area contributed by atoms with Gasteiger partial charge in [-0.05, 0) is 20.2 Å². The van der Waals surface area contributed by atoms with Crippen molar-refractivity contribution < 1.29 is 0 Å². The van der Waals surface area contributed by atoms with Crippen LogP contribution in [0.4, 0.5) is 0 Å². The Morgan fingerprint density at radius 2 is 2.22 bits per heavy atom. The fourth-order valence-corrected chi connectivity index (χ4v) is 3.18. The van der Waals surface area contributed by atoms with Crippen LogP contribution in [0.2, 0.25) is 0 Å². The highest BCUT2D eigenvalue weighted by Crippen LogP contribution is 2.30. The molecule has 120 valence electrons. The molecule has 0 unspecified atom stereocenters. The van der Waals surface area contributed by atoms with Crippen LogP contribution in [-0.4, -0.2) is 46.1 Å². The molecule has 6 nitrogen and oxygen atoms in total. The van der Waals surface area contributed by atoms with Crippen LogP contribution >= 0.6 is 11.8 Å². The number of nitrogens with zero attached hydrogens (tertiary/aromatic N) is 5. The number of rotatable bonds is 6. The van der Waals surface area contributed by atoms with Gasteiger partial charge in [0, 0.05) is 54.0 Å². The molecule has 2 aromatic heterocycles. The largest absolute Gasteiger partial charge is 0.403 e. The van der Waals surface area contributed by atoms with Crippen LogP contribution in [0.5, 0.6) is 0 Å². The summed E-state index contributed by atoms with van der Waals surface area (Å²) in [7, 11) is 5.95. The van der Waals surface area contributed by atoms with E-state index < -0.39 is 0 Å². The van der Waals surface area contributed by atoms with Gasteiger partial charge >= 0.3 is 0 Å². The molecule has 0 fully saturated rings. The number of allylic oxidation sites excluding steroid dienone is 1. The van der Waals surface area contributed by atoms with Gasteiger partial charge in [-0.25, -0.2) is 0 Å². The van der Waals surface area contributed by atoms with Gasteiger partial charge in [-0.1, -0.05) is 0 Å². The zero-order chi connectivity index (χ0) is 16.8. The molecule has 0 bridgehead atoms. The number of aromatic nitrogens is 3. The second kappa shape index (κ2) is 7.81. The molecule has 2 aromatic rings. The van der Waals surface area contributed by atoms with Crippen molar-refractivity contribution in [2.24, 2.45) is 12.8 Å². The molecule has 0 saturated heterocycles. The zero-order valence-corrected chi connectivity index (χ0v) is 14.3. The fourth-order valence-electron chi connectivity index (χ4n) is 1.99. The van der Waals surface area contributed by atoms with Gasteiger partial charge in [-0.15, -0.1) is 11.8 Å². The van der Waals surface area contributed by atoms with Crippen LogP contribution in [0.3, 0.4) is 0 Å². The summed E-state index contributed by atoms with van der Waals surface area (Å²) in [6.45, 7) is 0.940. The van der Waals surface area contributed by atoms with Gasteiger partial charge in [0.1, 0.15) is 6.07 Å². The van der Waals surface area contributed by atoms with Gasteiger partial charge in [0.15, 0.2) is 0 Å². The van der Waals surface area contributed by atoms with Crippen molar-refractivity contribution in [1.82, 2.24) is 19.7 Å². The van der Waals surface area contributed by atoms with Gasteiger partial charge in [0.25, 0.3) is 0 Å². The number of nitrogens with two attached hydrogens (primary N) is 1. The Hall–Kier alpha value is -2.30. The Kier molecular flexibility index (Phi) is 5.79. The average molecular weight is 328 g/mol. The Balaban J connectivity index is 2.37. The van der Waals surface area contributed by atoms with Crippen LogP contribution in [0.15, 0.2) is 35.8 Å². The summed E-state index contributed by atoms with van der Waals surface area (Å²) in [6.07, 6.45) is 6.80. The van der Waals surface area contributed by atoms with Gasteiger partial charge in [-0.3, -0.25) is 9.67 Å². The molecule has 0 spiro atoms. The first-order valence-electron chi connectivity index (χ1n) is 7.14. The van der Waals surface area contributed by atoms with Gasteiger partial charge < -0.3 is 10.6 Å².